The van der Waals surface area contributed by atoms with Crippen LogP contribution in [-0.2, 0) is 39.0 Å². The molecule has 2 rings (SSSR count). The van der Waals surface area contributed by atoms with Crippen LogP contribution in [0, 0.1) is 0 Å². The Morgan fingerprint density at radius 3 is 2.57 bits per heavy atom. The van der Waals surface area contributed by atoms with Crippen LogP contribution in [0.5, 0.6) is 0 Å². The predicted octanol–water partition coefficient (Wildman–Crippen LogP) is 0.271. The van der Waals surface area contributed by atoms with Crippen LogP contribution in [0.3, 0.4) is 0 Å². The average Bonchev–Trinajstić information content (AvgIpc) is 2.92. The van der Waals surface area contributed by atoms with Crippen LogP contribution in [0.2, 0.25) is 0 Å². The SMILES string of the molecule is C=CC(=O)OCC(=O)OC1(C)C2(C)CCC(O2)C1(C)O[SH](=O)=O. The summed E-state index contributed by atoms with van der Waals surface area (Å²) in [5.74, 6) is -1.58. The van der Waals surface area contributed by atoms with Crippen molar-refractivity contribution in [3.63, 3.8) is 0 Å². The zero-order valence-electron chi connectivity index (χ0n) is 13.2. The van der Waals surface area contributed by atoms with Crippen molar-refractivity contribution in [1.82, 2.24) is 0 Å². The Bertz CT molecular complexity index is 606. The lowest BCUT2D eigenvalue weighted by Crippen LogP contribution is -2.65. The maximum atomic E-state index is 12.0. The van der Waals surface area contributed by atoms with E-state index in [9.17, 15) is 18.0 Å². The molecule has 8 nitrogen and oxygen atoms in total. The zero-order chi connectivity index (χ0) is 17.5. The second-order valence-electron chi connectivity index (χ2n) is 6.12. The fourth-order valence-corrected chi connectivity index (χ4v) is 3.97. The maximum absolute atomic E-state index is 12.0. The molecule has 2 fully saturated rings. The minimum atomic E-state index is -3.17. The standard InChI is InChI=1S/C14H20O8S/c1-5-10(15)19-8-11(16)21-14(4)12(2)7-6-9(20-12)13(14,3)22-23(17)18/h5,9,23H,1,6-8H2,2-4H3. The van der Waals surface area contributed by atoms with Gasteiger partial charge in [0.2, 0.25) is 0 Å². The lowest BCUT2D eigenvalue weighted by Gasteiger charge is -2.47. The third-order valence-electron chi connectivity index (χ3n) is 4.94. The van der Waals surface area contributed by atoms with E-state index in [2.05, 4.69) is 11.3 Å². The van der Waals surface area contributed by atoms with E-state index in [0.717, 1.165) is 6.08 Å². The van der Waals surface area contributed by atoms with Gasteiger partial charge in [0.05, 0.1) is 6.10 Å². The van der Waals surface area contributed by atoms with Crippen LogP contribution in [0.15, 0.2) is 12.7 Å². The van der Waals surface area contributed by atoms with E-state index in [-0.39, 0.29) is 0 Å². The lowest BCUT2D eigenvalue weighted by molar-refractivity contribution is -0.201. The summed E-state index contributed by atoms with van der Waals surface area (Å²) in [7, 11) is -3.17. The molecule has 2 saturated heterocycles. The van der Waals surface area contributed by atoms with Gasteiger partial charge in [0.1, 0.15) is 5.60 Å². The number of hydrogen-bond acceptors (Lipinski definition) is 8. The molecule has 130 valence electrons. The van der Waals surface area contributed by atoms with Gasteiger partial charge in [-0.3, -0.25) is 4.18 Å². The van der Waals surface area contributed by atoms with E-state index in [1.807, 2.05) is 0 Å². The minimum Gasteiger partial charge on any atom is -0.451 e. The Balaban J connectivity index is 2.23. The van der Waals surface area contributed by atoms with Crippen LogP contribution in [-0.4, -0.2) is 49.9 Å². The Morgan fingerprint density at radius 1 is 1.35 bits per heavy atom. The van der Waals surface area contributed by atoms with E-state index in [1.54, 1.807) is 13.8 Å². The number of rotatable bonds is 6. The maximum Gasteiger partial charge on any atom is 0.345 e. The molecule has 2 aliphatic rings. The van der Waals surface area contributed by atoms with Gasteiger partial charge in [0.15, 0.2) is 17.8 Å². The Labute approximate surface area is 135 Å². The van der Waals surface area contributed by atoms with E-state index in [4.69, 9.17) is 13.7 Å². The molecule has 2 aliphatic heterocycles. The summed E-state index contributed by atoms with van der Waals surface area (Å²) in [5, 5.41) is 0. The number of thiol groups is 1. The molecule has 9 heteroatoms. The minimum absolute atomic E-state index is 0.520. The first-order chi connectivity index (χ1) is 10.6. The third kappa shape index (κ3) is 2.77. The van der Waals surface area contributed by atoms with Gasteiger partial charge in [-0.15, -0.1) is 0 Å². The van der Waals surface area contributed by atoms with Crippen molar-refractivity contribution in [2.75, 3.05) is 6.61 Å². The number of hydrogen-bond donors (Lipinski definition) is 1. The molecule has 0 spiro atoms. The second-order valence-corrected chi connectivity index (χ2v) is 6.75. The first kappa shape index (κ1) is 17.9. The molecule has 0 saturated carbocycles. The fourth-order valence-electron chi connectivity index (χ4n) is 3.37. The number of carbonyl (C=O) groups is 2. The third-order valence-corrected chi connectivity index (χ3v) is 5.47. The Morgan fingerprint density at radius 2 is 2.00 bits per heavy atom. The molecule has 0 N–H and O–H groups in total. The summed E-state index contributed by atoms with van der Waals surface area (Å²) < 4.78 is 43.3. The average molecular weight is 348 g/mol. The van der Waals surface area contributed by atoms with Crippen LogP contribution in [0.1, 0.15) is 33.6 Å². The normalized spacial score (nSPS) is 38.5. The van der Waals surface area contributed by atoms with Crippen molar-refractivity contribution >= 4 is 22.9 Å². The van der Waals surface area contributed by atoms with E-state index >= 15 is 0 Å². The molecule has 0 aliphatic carbocycles. The lowest BCUT2D eigenvalue weighted by atomic mass is 9.67. The molecule has 4 unspecified atom stereocenters. The summed E-state index contributed by atoms with van der Waals surface area (Å²) in [4.78, 5) is 23.0. The summed E-state index contributed by atoms with van der Waals surface area (Å²) in [5.41, 5.74) is -3.60. The summed E-state index contributed by atoms with van der Waals surface area (Å²) >= 11 is 0. The van der Waals surface area contributed by atoms with E-state index in [0.29, 0.717) is 12.8 Å². The van der Waals surface area contributed by atoms with Crippen molar-refractivity contribution in [2.45, 2.75) is 56.5 Å². The summed E-state index contributed by atoms with van der Waals surface area (Å²) in [6.07, 6.45) is 1.58. The number of esters is 2. The molecule has 0 radical (unpaired) electrons. The molecular weight excluding hydrogens is 328 g/mol. The molecule has 2 bridgehead atoms. The first-order valence-electron chi connectivity index (χ1n) is 7.10. The molecule has 2 heterocycles. The van der Waals surface area contributed by atoms with Gasteiger partial charge in [-0.2, -0.15) is 0 Å². The Kier molecular flexibility index (Phi) is 4.57. The first-order valence-corrected chi connectivity index (χ1v) is 8.20. The van der Waals surface area contributed by atoms with Crippen LogP contribution in [0.25, 0.3) is 0 Å². The van der Waals surface area contributed by atoms with E-state index < -0.39 is 52.4 Å². The Hall–Kier alpha value is -1.45. The van der Waals surface area contributed by atoms with Crippen LogP contribution >= 0.6 is 0 Å². The number of carbonyl (C=O) groups excluding carboxylic acids is 2. The molecule has 4 atom stereocenters. The molecule has 0 amide bonds. The van der Waals surface area contributed by atoms with Gasteiger partial charge < -0.3 is 14.2 Å². The van der Waals surface area contributed by atoms with Crippen LogP contribution in [0.4, 0.5) is 0 Å². The summed E-state index contributed by atoms with van der Waals surface area (Å²) in [6, 6.07) is 0. The monoisotopic (exact) mass is 348 g/mol. The highest BCUT2D eigenvalue weighted by Crippen LogP contribution is 2.58. The van der Waals surface area contributed by atoms with Gasteiger partial charge in [-0.1, -0.05) is 6.58 Å². The second kappa shape index (κ2) is 5.88. The highest BCUT2D eigenvalue weighted by atomic mass is 32.2. The smallest absolute Gasteiger partial charge is 0.345 e. The van der Waals surface area contributed by atoms with Crippen molar-refractivity contribution in [3.8, 4) is 0 Å². The number of ether oxygens (including phenoxy) is 3. The van der Waals surface area contributed by atoms with Gasteiger partial charge in [-0.25, -0.2) is 18.0 Å². The van der Waals surface area contributed by atoms with Gasteiger partial charge in [-0.05, 0) is 33.6 Å². The molecule has 0 aromatic heterocycles. The van der Waals surface area contributed by atoms with Gasteiger partial charge >= 0.3 is 11.9 Å². The predicted molar refractivity (Wildman–Crippen MR) is 78.0 cm³/mol. The molecule has 0 aromatic carbocycles. The topological polar surface area (TPSA) is 105 Å². The van der Waals surface area contributed by atoms with Crippen LogP contribution < -0.4 is 0 Å². The quantitative estimate of drug-likeness (QED) is 0.414. The van der Waals surface area contributed by atoms with Crippen molar-refractivity contribution in [1.29, 1.82) is 0 Å². The fraction of sp³-hybridized carbons (Fsp3) is 0.714. The zero-order valence-corrected chi connectivity index (χ0v) is 14.1. The molecule has 0 aromatic rings. The highest BCUT2D eigenvalue weighted by molar-refractivity contribution is 7.67. The molecular formula is C14H20O8S. The largest absolute Gasteiger partial charge is 0.451 e. The molecule has 23 heavy (non-hydrogen) atoms. The van der Waals surface area contributed by atoms with Crippen molar-refractivity contribution < 1.29 is 36.4 Å². The van der Waals surface area contributed by atoms with Gasteiger partial charge in [0.25, 0.3) is 11.0 Å². The van der Waals surface area contributed by atoms with E-state index in [1.165, 1.54) is 6.92 Å². The highest BCUT2D eigenvalue weighted by Gasteiger charge is 2.74. The number of fused-ring (bicyclic) bond motifs is 2. The van der Waals surface area contributed by atoms with Crippen molar-refractivity contribution in [3.05, 3.63) is 12.7 Å². The van der Waals surface area contributed by atoms with Gasteiger partial charge in [0, 0.05) is 6.08 Å². The van der Waals surface area contributed by atoms with Crippen molar-refractivity contribution in [2.24, 2.45) is 0 Å². The summed E-state index contributed by atoms with van der Waals surface area (Å²) in [6.45, 7) is 7.45.